The normalized spacial score (nSPS) is 10.9. The zero-order chi connectivity index (χ0) is 26.7. The molecule has 4 aromatic rings. The molecule has 0 bridgehead atoms. The zero-order valence-corrected chi connectivity index (χ0v) is 21.2. The van der Waals surface area contributed by atoms with E-state index in [0.717, 1.165) is 20.7 Å². The molecule has 192 valence electrons. The number of benzene rings is 2. The molecule has 0 aliphatic carbocycles. The van der Waals surface area contributed by atoms with E-state index >= 15 is 0 Å². The molecule has 0 aliphatic heterocycles. The average Bonchev–Trinajstić information content (AvgIpc) is 3.44. The Kier molecular flexibility index (Phi) is 7.89. The van der Waals surface area contributed by atoms with Crippen molar-refractivity contribution >= 4 is 45.5 Å². The van der Waals surface area contributed by atoms with Gasteiger partial charge in [0, 0.05) is 28.8 Å². The molecule has 0 saturated carbocycles. The average molecular weight is 549 g/mol. The Labute approximate surface area is 218 Å². The number of ether oxygens (including phenoxy) is 1. The molecule has 4 rings (SSSR count). The minimum absolute atomic E-state index is 0.0887. The number of aryl methyl sites for hydroxylation is 1. The maximum absolute atomic E-state index is 14.0. The molecule has 2 aromatic heterocycles. The van der Waals surface area contributed by atoms with Crippen LogP contribution in [-0.2, 0) is 11.3 Å². The van der Waals surface area contributed by atoms with Crippen LogP contribution in [0.25, 0.3) is 11.1 Å². The summed E-state index contributed by atoms with van der Waals surface area (Å²) in [6.07, 6.45) is 1.36. The number of hydrogen-bond acceptors (Lipinski definition) is 5. The maximum Gasteiger partial charge on any atom is 0.341 e. The number of thiocarbonyl (C=S) groups is 1. The number of aromatic nitrogens is 2. The molecule has 0 fully saturated rings. The summed E-state index contributed by atoms with van der Waals surface area (Å²) < 4.78 is 61.4. The second kappa shape index (κ2) is 11.1. The van der Waals surface area contributed by atoms with Crippen LogP contribution in [0, 0.1) is 30.2 Å². The Hall–Kier alpha value is -3.77. The summed E-state index contributed by atoms with van der Waals surface area (Å²) >= 11 is 6.70. The molecule has 2 heterocycles. The number of hydrogen-bond donors (Lipinski definition) is 2. The van der Waals surface area contributed by atoms with Gasteiger partial charge in [-0.2, -0.15) is 5.10 Å². The fraction of sp³-hybridized carbons (Fsp3) is 0.160. The Bertz CT molecular complexity index is 1450. The van der Waals surface area contributed by atoms with Crippen LogP contribution in [0.1, 0.15) is 27.7 Å². The van der Waals surface area contributed by atoms with E-state index in [0.29, 0.717) is 10.6 Å². The van der Waals surface area contributed by atoms with Gasteiger partial charge in [-0.25, -0.2) is 22.4 Å². The first-order chi connectivity index (χ1) is 17.7. The van der Waals surface area contributed by atoms with E-state index in [1.807, 2.05) is 37.3 Å². The van der Waals surface area contributed by atoms with Crippen molar-refractivity contribution in [1.29, 1.82) is 0 Å². The van der Waals surface area contributed by atoms with Crippen molar-refractivity contribution in [3.05, 3.63) is 87.9 Å². The molecule has 0 amide bonds. The number of carbonyl (C=O) groups excluding carboxylic acids is 1. The lowest BCUT2D eigenvalue weighted by molar-refractivity contribution is 0.0529. The van der Waals surface area contributed by atoms with Gasteiger partial charge in [0.15, 0.2) is 34.2 Å². The van der Waals surface area contributed by atoms with Crippen molar-refractivity contribution in [2.24, 2.45) is 0 Å². The Morgan fingerprint density at radius 2 is 1.76 bits per heavy atom. The molecule has 12 heteroatoms. The summed E-state index contributed by atoms with van der Waals surface area (Å²) in [6.45, 7) is 3.24. The van der Waals surface area contributed by atoms with Crippen molar-refractivity contribution in [2.75, 3.05) is 17.2 Å². The monoisotopic (exact) mass is 548 g/mol. The number of rotatable bonds is 7. The lowest BCUT2D eigenvalue weighted by Gasteiger charge is -2.11. The minimum Gasteiger partial charge on any atom is -0.462 e. The summed E-state index contributed by atoms with van der Waals surface area (Å²) in [7, 11) is 0. The molecule has 2 aromatic carbocycles. The van der Waals surface area contributed by atoms with Crippen molar-refractivity contribution in [1.82, 2.24) is 9.78 Å². The van der Waals surface area contributed by atoms with E-state index in [4.69, 9.17) is 17.0 Å². The SMILES string of the molecule is CCOC(=O)c1c(NC(=S)Nc2ccn(Cc3c(F)c(F)cc(F)c3F)n2)sc(C)c1-c1ccccc1. The van der Waals surface area contributed by atoms with Crippen LogP contribution in [-0.4, -0.2) is 27.5 Å². The van der Waals surface area contributed by atoms with Crippen molar-refractivity contribution in [3.63, 3.8) is 0 Å². The number of thiophene rings is 1. The Balaban J connectivity index is 1.54. The van der Waals surface area contributed by atoms with Crippen LogP contribution in [0.4, 0.5) is 28.4 Å². The lowest BCUT2D eigenvalue weighted by atomic mass is 10.0. The molecule has 2 N–H and O–H groups in total. The summed E-state index contributed by atoms with van der Waals surface area (Å²) in [5.41, 5.74) is 1.11. The number of esters is 1. The molecule has 0 radical (unpaired) electrons. The van der Waals surface area contributed by atoms with Gasteiger partial charge in [0.1, 0.15) is 10.6 Å². The highest BCUT2D eigenvalue weighted by Crippen LogP contribution is 2.40. The maximum atomic E-state index is 14.0. The smallest absolute Gasteiger partial charge is 0.341 e. The summed E-state index contributed by atoms with van der Waals surface area (Å²) in [5, 5.41) is 10.5. The molecule has 6 nitrogen and oxygen atoms in total. The highest BCUT2D eigenvalue weighted by Gasteiger charge is 2.25. The predicted molar refractivity (Wildman–Crippen MR) is 138 cm³/mol. The van der Waals surface area contributed by atoms with Gasteiger partial charge in [-0.15, -0.1) is 11.3 Å². The van der Waals surface area contributed by atoms with Gasteiger partial charge in [0.2, 0.25) is 0 Å². The van der Waals surface area contributed by atoms with Gasteiger partial charge in [0.05, 0.1) is 18.7 Å². The molecule has 37 heavy (non-hydrogen) atoms. The third-order valence-electron chi connectivity index (χ3n) is 5.26. The van der Waals surface area contributed by atoms with Crippen LogP contribution in [0.15, 0.2) is 48.7 Å². The minimum atomic E-state index is -1.50. The van der Waals surface area contributed by atoms with E-state index in [9.17, 15) is 22.4 Å². The first-order valence-corrected chi connectivity index (χ1v) is 12.2. The van der Waals surface area contributed by atoms with Crippen molar-refractivity contribution in [2.45, 2.75) is 20.4 Å². The van der Waals surface area contributed by atoms with Gasteiger partial charge in [-0.1, -0.05) is 30.3 Å². The van der Waals surface area contributed by atoms with Crippen LogP contribution in [0.5, 0.6) is 0 Å². The highest BCUT2D eigenvalue weighted by molar-refractivity contribution is 7.80. The number of halogens is 4. The largest absolute Gasteiger partial charge is 0.462 e. The van der Waals surface area contributed by atoms with E-state index in [1.54, 1.807) is 6.92 Å². The van der Waals surface area contributed by atoms with Gasteiger partial charge in [-0.3, -0.25) is 4.68 Å². The Morgan fingerprint density at radius 1 is 1.08 bits per heavy atom. The second-order valence-corrected chi connectivity index (χ2v) is 9.38. The third kappa shape index (κ3) is 5.65. The zero-order valence-electron chi connectivity index (χ0n) is 19.6. The van der Waals surface area contributed by atoms with Crippen LogP contribution < -0.4 is 10.6 Å². The topological polar surface area (TPSA) is 68.2 Å². The second-order valence-electron chi connectivity index (χ2n) is 7.75. The highest BCUT2D eigenvalue weighted by atomic mass is 32.1. The van der Waals surface area contributed by atoms with Crippen LogP contribution in [0.3, 0.4) is 0 Å². The summed E-state index contributed by atoms with van der Waals surface area (Å²) in [5.74, 6) is -6.28. The lowest BCUT2D eigenvalue weighted by Crippen LogP contribution is -2.20. The summed E-state index contributed by atoms with van der Waals surface area (Å²) in [6, 6.07) is 11.0. The molecule has 0 atom stereocenters. The predicted octanol–water partition coefficient (Wildman–Crippen LogP) is 6.51. The van der Waals surface area contributed by atoms with Crippen molar-refractivity contribution in [3.8, 4) is 11.1 Å². The van der Waals surface area contributed by atoms with E-state index in [-0.39, 0.29) is 23.6 Å². The third-order valence-corrected chi connectivity index (χ3v) is 6.48. The van der Waals surface area contributed by atoms with Gasteiger partial charge in [-0.05, 0) is 31.6 Å². The number of carbonyl (C=O) groups is 1. The molecular weight excluding hydrogens is 528 g/mol. The molecule has 0 spiro atoms. The van der Waals surface area contributed by atoms with Gasteiger partial charge in [0.25, 0.3) is 0 Å². The van der Waals surface area contributed by atoms with Gasteiger partial charge < -0.3 is 15.4 Å². The molecule has 0 unspecified atom stereocenters. The van der Waals surface area contributed by atoms with E-state index in [2.05, 4.69) is 15.7 Å². The van der Waals surface area contributed by atoms with Crippen LogP contribution >= 0.6 is 23.6 Å². The van der Waals surface area contributed by atoms with E-state index in [1.165, 1.54) is 23.6 Å². The first-order valence-electron chi connectivity index (χ1n) is 11.0. The van der Waals surface area contributed by atoms with Crippen molar-refractivity contribution < 1.29 is 27.1 Å². The van der Waals surface area contributed by atoms with Gasteiger partial charge >= 0.3 is 5.97 Å². The number of anilines is 2. The van der Waals surface area contributed by atoms with E-state index < -0.39 is 41.3 Å². The summed E-state index contributed by atoms with van der Waals surface area (Å²) in [4.78, 5) is 13.7. The molecular formula is C25H20F4N4O2S2. The number of nitrogens with one attached hydrogen (secondary N) is 2. The quantitative estimate of drug-likeness (QED) is 0.119. The number of nitrogens with zero attached hydrogens (tertiary/aromatic N) is 2. The van der Waals surface area contributed by atoms with Crippen LogP contribution in [0.2, 0.25) is 0 Å². The molecule has 0 aliphatic rings. The first kappa shape index (κ1) is 26.3. The fourth-order valence-corrected chi connectivity index (χ4v) is 5.01. The Morgan fingerprint density at radius 3 is 2.41 bits per heavy atom. The standard InChI is InChI=1S/C25H20F4N4O2S2/c1-3-35-24(34)20-19(14-7-5-4-6-8-14)13(2)37-23(20)31-25(36)30-18-9-10-33(32-18)12-15-21(28)16(26)11-17(27)22(15)29/h4-11H,3,12H2,1-2H3,(H2,30,31,32,36). The molecule has 0 saturated heterocycles. The fourth-order valence-electron chi connectivity index (χ4n) is 3.67.